The van der Waals surface area contributed by atoms with Crippen molar-refractivity contribution < 1.29 is 0 Å². The number of piperazine rings is 1. The highest BCUT2D eigenvalue weighted by molar-refractivity contribution is 7.14. The van der Waals surface area contributed by atoms with Gasteiger partial charge in [-0.2, -0.15) is 0 Å². The molecule has 19 heavy (non-hydrogen) atoms. The smallest absolute Gasteiger partial charge is 0.186 e. The van der Waals surface area contributed by atoms with Crippen molar-refractivity contribution in [2.24, 2.45) is 0 Å². The van der Waals surface area contributed by atoms with E-state index in [1.54, 1.807) is 22.7 Å². The van der Waals surface area contributed by atoms with Crippen LogP contribution in [-0.2, 0) is 0 Å². The molecule has 0 aliphatic carbocycles. The van der Waals surface area contributed by atoms with Crippen molar-refractivity contribution in [2.75, 3.05) is 50.5 Å². The second-order valence-corrected chi connectivity index (χ2v) is 6.29. The van der Waals surface area contributed by atoms with Crippen LogP contribution in [0.2, 0.25) is 0 Å². The second kappa shape index (κ2) is 5.44. The zero-order valence-electron chi connectivity index (χ0n) is 11.1. The number of nitrogens with one attached hydrogen (secondary N) is 1. The summed E-state index contributed by atoms with van der Waals surface area (Å²) in [6.45, 7) is 4.33. The van der Waals surface area contributed by atoms with E-state index in [4.69, 9.17) is 4.98 Å². The van der Waals surface area contributed by atoms with E-state index in [0.29, 0.717) is 0 Å². The molecule has 2 aromatic rings. The van der Waals surface area contributed by atoms with Crippen LogP contribution in [0.3, 0.4) is 0 Å². The number of likely N-dealkylation sites (N-methyl/N-ethyl adjacent to an activating group) is 1. The van der Waals surface area contributed by atoms with Gasteiger partial charge < -0.3 is 15.1 Å². The highest BCUT2D eigenvalue weighted by Crippen LogP contribution is 2.29. The second-order valence-electron chi connectivity index (χ2n) is 4.59. The predicted octanol–water partition coefficient (Wildman–Crippen LogP) is 2.06. The minimum absolute atomic E-state index is 0.934. The maximum Gasteiger partial charge on any atom is 0.186 e. The van der Waals surface area contributed by atoms with Crippen LogP contribution in [0.15, 0.2) is 10.8 Å². The first kappa shape index (κ1) is 12.8. The fourth-order valence-electron chi connectivity index (χ4n) is 2.03. The molecule has 1 N–H and O–H groups in total. The van der Waals surface area contributed by atoms with Crippen molar-refractivity contribution in [1.29, 1.82) is 0 Å². The third kappa shape index (κ3) is 2.72. The van der Waals surface area contributed by atoms with Gasteiger partial charge >= 0.3 is 0 Å². The third-order valence-electron chi connectivity index (χ3n) is 3.25. The van der Waals surface area contributed by atoms with Gasteiger partial charge in [0.2, 0.25) is 0 Å². The van der Waals surface area contributed by atoms with Crippen LogP contribution in [0.4, 0.5) is 10.3 Å². The van der Waals surface area contributed by atoms with Gasteiger partial charge in [-0.1, -0.05) is 0 Å². The van der Waals surface area contributed by atoms with E-state index in [0.717, 1.165) is 47.8 Å². The fraction of sp³-hybridized carbons (Fsp3) is 0.500. The molecule has 3 heterocycles. The number of hydrogen-bond acceptors (Lipinski definition) is 7. The molecule has 1 fully saturated rings. The lowest BCUT2D eigenvalue weighted by Crippen LogP contribution is -2.44. The average molecular weight is 295 g/mol. The summed E-state index contributed by atoms with van der Waals surface area (Å²) in [5.74, 6) is 0. The monoisotopic (exact) mass is 295 g/mol. The van der Waals surface area contributed by atoms with Gasteiger partial charge in [-0.25, -0.2) is 9.97 Å². The van der Waals surface area contributed by atoms with Gasteiger partial charge in [-0.15, -0.1) is 22.7 Å². The Morgan fingerprint density at radius 2 is 1.74 bits per heavy atom. The zero-order valence-corrected chi connectivity index (χ0v) is 12.7. The van der Waals surface area contributed by atoms with E-state index >= 15 is 0 Å². The maximum atomic E-state index is 4.72. The van der Waals surface area contributed by atoms with E-state index in [9.17, 15) is 0 Å². The molecule has 5 nitrogen and oxygen atoms in total. The van der Waals surface area contributed by atoms with Crippen LogP contribution in [0, 0.1) is 0 Å². The van der Waals surface area contributed by atoms with Gasteiger partial charge in [0.15, 0.2) is 10.3 Å². The van der Waals surface area contributed by atoms with Crippen molar-refractivity contribution in [3.8, 4) is 11.4 Å². The first-order valence-electron chi connectivity index (χ1n) is 6.29. The van der Waals surface area contributed by atoms with Crippen LogP contribution in [0.1, 0.15) is 0 Å². The summed E-state index contributed by atoms with van der Waals surface area (Å²) in [6, 6.07) is 0. The number of rotatable bonds is 3. The van der Waals surface area contributed by atoms with Crippen molar-refractivity contribution in [3.05, 3.63) is 10.8 Å². The molecule has 7 heteroatoms. The minimum atomic E-state index is 0.934. The number of thiazole rings is 2. The molecule has 3 rings (SSSR count). The average Bonchev–Trinajstić information content (AvgIpc) is 3.08. The summed E-state index contributed by atoms with van der Waals surface area (Å²) in [5, 5.41) is 9.26. The molecule has 1 aliphatic heterocycles. The van der Waals surface area contributed by atoms with Crippen LogP contribution >= 0.6 is 22.7 Å². The highest BCUT2D eigenvalue weighted by Gasteiger charge is 2.18. The van der Waals surface area contributed by atoms with Crippen LogP contribution in [0.5, 0.6) is 0 Å². The molecule has 102 valence electrons. The topological polar surface area (TPSA) is 44.3 Å². The highest BCUT2D eigenvalue weighted by atomic mass is 32.1. The largest absolute Gasteiger partial charge is 0.365 e. The van der Waals surface area contributed by atoms with Gasteiger partial charge in [0.1, 0.15) is 11.4 Å². The molecule has 0 spiro atoms. The Bertz CT molecular complexity index is 542. The first-order valence-corrected chi connectivity index (χ1v) is 8.05. The molecule has 0 aromatic carbocycles. The maximum absolute atomic E-state index is 4.72. The zero-order chi connectivity index (χ0) is 13.2. The Hall–Kier alpha value is -1.18. The van der Waals surface area contributed by atoms with E-state index < -0.39 is 0 Å². The van der Waals surface area contributed by atoms with Crippen LogP contribution in [0.25, 0.3) is 11.4 Å². The number of hydrogen-bond donors (Lipinski definition) is 1. The van der Waals surface area contributed by atoms with Gasteiger partial charge in [-0.3, -0.25) is 0 Å². The van der Waals surface area contributed by atoms with Gasteiger partial charge in [0, 0.05) is 44.0 Å². The molecule has 0 saturated carbocycles. The van der Waals surface area contributed by atoms with Crippen molar-refractivity contribution in [2.45, 2.75) is 0 Å². The molecular formula is C12H17N5S2. The first-order chi connectivity index (χ1) is 9.26. The van der Waals surface area contributed by atoms with E-state index in [1.807, 2.05) is 7.05 Å². The van der Waals surface area contributed by atoms with Gasteiger partial charge in [0.25, 0.3) is 0 Å². The Morgan fingerprint density at radius 3 is 2.42 bits per heavy atom. The molecule has 0 amide bonds. The molecule has 2 aromatic heterocycles. The van der Waals surface area contributed by atoms with Crippen molar-refractivity contribution in [3.63, 3.8) is 0 Å². The Balaban J connectivity index is 1.75. The minimum Gasteiger partial charge on any atom is -0.365 e. The Labute approximate surface area is 120 Å². The molecule has 1 saturated heterocycles. The fourth-order valence-corrected chi connectivity index (χ4v) is 3.57. The SMILES string of the molecule is CNc1nc(-c2csc(N3CCN(C)CC3)n2)cs1. The standard InChI is InChI=1S/C12H17N5S2/c1-13-11-14-9(7-18-11)10-8-19-12(15-10)17-5-3-16(2)4-6-17/h7-8H,3-6H2,1-2H3,(H,13,14). The normalized spacial score (nSPS) is 16.8. The Morgan fingerprint density at radius 1 is 1.05 bits per heavy atom. The number of aromatic nitrogens is 2. The van der Waals surface area contributed by atoms with Crippen LogP contribution < -0.4 is 10.2 Å². The predicted molar refractivity (Wildman–Crippen MR) is 82.5 cm³/mol. The van der Waals surface area contributed by atoms with Crippen molar-refractivity contribution in [1.82, 2.24) is 14.9 Å². The molecule has 0 unspecified atom stereocenters. The summed E-state index contributed by atoms with van der Waals surface area (Å²) in [5.41, 5.74) is 1.95. The van der Waals surface area contributed by atoms with Gasteiger partial charge in [-0.05, 0) is 7.05 Å². The summed E-state index contributed by atoms with van der Waals surface area (Å²) < 4.78 is 0. The summed E-state index contributed by atoms with van der Waals surface area (Å²) in [6.07, 6.45) is 0. The summed E-state index contributed by atoms with van der Waals surface area (Å²) in [7, 11) is 4.05. The summed E-state index contributed by atoms with van der Waals surface area (Å²) in [4.78, 5) is 13.9. The Kier molecular flexibility index (Phi) is 3.67. The molecule has 0 bridgehead atoms. The lowest BCUT2D eigenvalue weighted by Gasteiger charge is -2.32. The van der Waals surface area contributed by atoms with Crippen molar-refractivity contribution >= 4 is 32.9 Å². The number of nitrogens with zero attached hydrogens (tertiary/aromatic N) is 4. The molecule has 1 aliphatic rings. The lowest BCUT2D eigenvalue weighted by molar-refractivity contribution is 0.313. The van der Waals surface area contributed by atoms with Gasteiger partial charge in [0.05, 0.1) is 0 Å². The number of anilines is 2. The molecule has 0 atom stereocenters. The summed E-state index contributed by atoms with van der Waals surface area (Å²) >= 11 is 3.32. The third-order valence-corrected chi connectivity index (χ3v) is 5.01. The van der Waals surface area contributed by atoms with E-state index in [2.05, 4.69) is 37.9 Å². The quantitative estimate of drug-likeness (QED) is 0.939. The van der Waals surface area contributed by atoms with E-state index in [1.165, 1.54) is 0 Å². The van der Waals surface area contributed by atoms with E-state index in [-0.39, 0.29) is 0 Å². The van der Waals surface area contributed by atoms with Crippen LogP contribution in [-0.4, -0.2) is 55.1 Å². The molecule has 0 radical (unpaired) electrons. The molecular weight excluding hydrogens is 278 g/mol. The lowest BCUT2D eigenvalue weighted by atomic mass is 10.3.